The maximum Gasteiger partial charge on any atom is 0.178 e. The molecule has 0 aliphatic rings. The Morgan fingerprint density at radius 1 is 1.44 bits per heavy atom. The van der Waals surface area contributed by atoms with Crippen molar-refractivity contribution in [2.45, 2.75) is 12.8 Å². The Hall–Kier alpha value is -0.900. The van der Waals surface area contributed by atoms with E-state index in [1.165, 1.54) is 0 Å². The molecule has 0 fully saturated rings. The first-order valence-corrected chi connectivity index (χ1v) is 2.62. The quantitative estimate of drug-likeness (QED) is 0.448. The zero-order chi connectivity index (χ0) is 7.28. The lowest BCUT2D eigenvalue weighted by atomic mass is 10.2. The molecule has 2 N–H and O–H groups in total. The molecule has 0 heterocycles. The van der Waals surface area contributed by atoms with Crippen molar-refractivity contribution >= 4 is 11.8 Å². The van der Waals surface area contributed by atoms with Gasteiger partial charge in [-0.05, 0) is 13.0 Å². The van der Waals surface area contributed by atoms with Crippen LogP contribution in [0.4, 0.5) is 0 Å². The number of nitrogens with two attached hydrogens (primary N) is 1. The summed E-state index contributed by atoms with van der Waals surface area (Å²) in [6.45, 7) is 0.332. The molecule has 0 aromatic carbocycles. The lowest BCUT2D eigenvalue weighted by Crippen LogP contribution is -2.31. The number of aliphatic carboxylic acids is 1. The summed E-state index contributed by atoms with van der Waals surface area (Å²) in [5, 5.41) is 9.70. The number of hydrogen-bond donors (Lipinski definition) is 1. The fourth-order valence-corrected chi connectivity index (χ4v) is 0.365. The van der Waals surface area contributed by atoms with Gasteiger partial charge in [0, 0.05) is 6.42 Å². The largest absolute Gasteiger partial charge is 0.542 e. The Morgan fingerprint density at radius 3 is 2.33 bits per heavy atom. The third-order valence-electron chi connectivity index (χ3n) is 0.836. The van der Waals surface area contributed by atoms with Crippen LogP contribution in [0.5, 0.6) is 0 Å². The molecule has 0 radical (unpaired) electrons. The molecule has 0 bridgehead atoms. The van der Waals surface area contributed by atoms with E-state index in [0.29, 0.717) is 13.0 Å². The highest BCUT2D eigenvalue weighted by atomic mass is 16.4. The Bertz CT molecular complexity index is 121. The van der Waals surface area contributed by atoms with Crippen LogP contribution in [0.15, 0.2) is 0 Å². The van der Waals surface area contributed by atoms with Crippen LogP contribution in [0.1, 0.15) is 12.8 Å². The van der Waals surface area contributed by atoms with Gasteiger partial charge >= 0.3 is 0 Å². The maximum absolute atomic E-state index is 10.2. The van der Waals surface area contributed by atoms with Crippen LogP contribution in [0.3, 0.4) is 0 Å². The summed E-state index contributed by atoms with van der Waals surface area (Å²) in [5.74, 6) is -2.50. The molecule has 0 rings (SSSR count). The molecule has 0 atom stereocenters. The first kappa shape index (κ1) is 8.10. The molecular formula is C5H8NO3-. The van der Waals surface area contributed by atoms with Gasteiger partial charge in [-0.2, -0.15) is 0 Å². The topological polar surface area (TPSA) is 83.2 Å². The van der Waals surface area contributed by atoms with Crippen molar-refractivity contribution in [2.24, 2.45) is 5.73 Å². The van der Waals surface area contributed by atoms with Gasteiger partial charge in [-0.15, -0.1) is 0 Å². The Balaban J connectivity index is 3.39. The molecule has 4 nitrogen and oxygen atoms in total. The van der Waals surface area contributed by atoms with Crippen molar-refractivity contribution in [2.75, 3.05) is 6.54 Å². The molecule has 52 valence electrons. The highest BCUT2D eigenvalue weighted by Gasteiger charge is 1.99. The number of carboxylic acids is 1. The molecule has 0 unspecified atom stereocenters. The van der Waals surface area contributed by atoms with E-state index >= 15 is 0 Å². The maximum atomic E-state index is 10.2. The van der Waals surface area contributed by atoms with E-state index in [4.69, 9.17) is 5.73 Å². The van der Waals surface area contributed by atoms with Crippen LogP contribution in [-0.4, -0.2) is 18.3 Å². The van der Waals surface area contributed by atoms with E-state index in [1.807, 2.05) is 0 Å². The number of carboxylic acid groups (broad SMARTS) is 1. The SMILES string of the molecule is NCCCC(=O)C(=O)[O-]. The van der Waals surface area contributed by atoms with E-state index < -0.39 is 11.8 Å². The predicted molar refractivity (Wildman–Crippen MR) is 28.3 cm³/mol. The molecule has 0 spiro atoms. The predicted octanol–water partition coefficient (Wildman–Crippen LogP) is -1.96. The van der Waals surface area contributed by atoms with Gasteiger partial charge in [0.1, 0.15) is 5.97 Å². The third kappa shape index (κ3) is 3.66. The number of hydrogen-bond acceptors (Lipinski definition) is 4. The number of rotatable bonds is 4. The summed E-state index contributed by atoms with van der Waals surface area (Å²) >= 11 is 0. The summed E-state index contributed by atoms with van der Waals surface area (Å²) in [7, 11) is 0. The zero-order valence-electron chi connectivity index (χ0n) is 4.92. The lowest BCUT2D eigenvalue weighted by Gasteiger charge is -1.97. The van der Waals surface area contributed by atoms with Crippen LogP contribution >= 0.6 is 0 Å². The number of carbonyl (C=O) groups is 2. The van der Waals surface area contributed by atoms with Crippen molar-refractivity contribution < 1.29 is 14.7 Å². The summed E-state index contributed by atoms with van der Waals surface area (Å²) in [6.07, 6.45) is 0.394. The van der Waals surface area contributed by atoms with Crippen LogP contribution in [0.25, 0.3) is 0 Å². The molecular weight excluding hydrogens is 122 g/mol. The zero-order valence-corrected chi connectivity index (χ0v) is 4.92. The van der Waals surface area contributed by atoms with E-state index in [2.05, 4.69) is 0 Å². The average Bonchev–Trinajstić information content (AvgIpc) is 1.82. The Labute approximate surface area is 52.7 Å². The lowest BCUT2D eigenvalue weighted by molar-refractivity contribution is -0.300. The Morgan fingerprint density at radius 2 is 2.00 bits per heavy atom. The molecule has 0 aromatic heterocycles. The van der Waals surface area contributed by atoms with E-state index in [0.717, 1.165) is 0 Å². The molecule has 0 saturated heterocycles. The van der Waals surface area contributed by atoms with E-state index in [-0.39, 0.29) is 6.42 Å². The molecule has 0 aliphatic carbocycles. The van der Waals surface area contributed by atoms with Crippen molar-refractivity contribution in [1.82, 2.24) is 0 Å². The van der Waals surface area contributed by atoms with Gasteiger partial charge in [-0.25, -0.2) is 0 Å². The molecule has 4 heteroatoms. The van der Waals surface area contributed by atoms with E-state index in [1.54, 1.807) is 0 Å². The minimum Gasteiger partial charge on any atom is -0.542 e. The first-order chi connectivity index (χ1) is 4.18. The van der Waals surface area contributed by atoms with Crippen LogP contribution in [0.2, 0.25) is 0 Å². The minimum atomic E-state index is -1.62. The minimum absolute atomic E-state index is 0.0150. The molecule has 9 heavy (non-hydrogen) atoms. The highest BCUT2D eigenvalue weighted by Crippen LogP contribution is 1.85. The smallest absolute Gasteiger partial charge is 0.178 e. The number of carbonyl (C=O) groups excluding carboxylic acids is 2. The van der Waals surface area contributed by atoms with Gasteiger partial charge in [0.15, 0.2) is 5.78 Å². The van der Waals surface area contributed by atoms with Gasteiger partial charge in [-0.1, -0.05) is 0 Å². The fraction of sp³-hybridized carbons (Fsp3) is 0.600. The highest BCUT2D eigenvalue weighted by molar-refractivity contribution is 6.31. The van der Waals surface area contributed by atoms with Gasteiger partial charge in [0.25, 0.3) is 0 Å². The second-order valence-corrected chi connectivity index (χ2v) is 1.60. The number of ketones is 1. The van der Waals surface area contributed by atoms with Crippen molar-refractivity contribution in [3.8, 4) is 0 Å². The van der Waals surface area contributed by atoms with E-state index in [9.17, 15) is 14.7 Å². The van der Waals surface area contributed by atoms with Gasteiger partial charge in [0.2, 0.25) is 0 Å². The number of Topliss-reactive ketones (excluding diaryl/α,β-unsaturated/α-hetero) is 1. The van der Waals surface area contributed by atoms with Crippen LogP contribution in [0, 0.1) is 0 Å². The van der Waals surface area contributed by atoms with Crippen molar-refractivity contribution in [3.05, 3.63) is 0 Å². The summed E-state index contributed by atoms with van der Waals surface area (Å²) in [5.41, 5.74) is 5.01. The summed E-state index contributed by atoms with van der Waals surface area (Å²) in [4.78, 5) is 19.9. The molecule has 0 saturated carbocycles. The third-order valence-corrected chi connectivity index (χ3v) is 0.836. The fourth-order valence-electron chi connectivity index (χ4n) is 0.365. The molecule has 0 amide bonds. The monoisotopic (exact) mass is 130 g/mol. The van der Waals surface area contributed by atoms with Crippen LogP contribution in [-0.2, 0) is 9.59 Å². The second-order valence-electron chi connectivity index (χ2n) is 1.60. The average molecular weight is 130 g/mol. The first-order valence-electron chi connectivity index (χ1n) is 2.62. The second kappa shape index (κ2) is 4.03. The van der Waals surface area contributed by atoms with Gasteiger partial charge in [0.05, 0.1) is 0 Å². The van der Waals surface area contributed by atoms with Crippen molar-refractivity contribution in [1.29, 1.82) is 0 Å². The van der Waals surface area contributed by atoms with Gasteiger partial charge in [-0.3, -0.25) is 4.79 Å². The molecule has 0 aromatic rings. The Kier molecular flexibility index (Phi) is 3.62. The van der Waals surface area contributed by atoms with Crippen molar-refractivity contribution in [3.63, 3.8) is 0 Å². The summed E-state index contributed by atoms with van der Waals surface area (Å²) < 4.78 is 0. The van der Waals surface area contributed by atoms with Crippen LogP contribution < -0.4 is 10.8 Å². The normalized spacial score (nSPS) is 9.00. The summed E-state index contributed by atoms with van der Waals surface area (Å²) in [6, 6.07) is 0. The standard InChI is InChI=1S/C5H9NO3/c6-3-1-2-4(7)5(8)9/h1-3,6H2,(H,8,9)/p-1. The molecule has 0 aliphatic heterocycles. The van der Waals surface area contributed by atoms with Gasteiger partial charge < -0.3 is 15.6 Å².